The molecule has 0 aliphatic rings. The molecule has 0 fully saturated rings. The Hall–Kier alpha value is -2.94. The van der Waals surface area contributed by atoms with Gasteiger partial charge in [-0.25, -0.2) is 17.8 Å². The van der Waals surface area contributed by atoms with Crippen LogP contribution in [0.1, 0.15) is 12.7 Å². The highest BCUT2D eigenvalue weighted by Gasteiger charge is 2.30. The molecule has 0 saturated heterocycles. The number of furan rings is 1. The smallest absolute Gasteiger partial charge is 0.240 e. The Balaban J connectivity index is 1.51. The molecule has 0 bridgehead atoms. The number of aliphatic hydroxyl groups is 1. The lowest BCUT2D eigenvalue weighted by Gasteiger charge is -2.21. The molecule has 28 heavy (non-hydrogen) atoms. The molecule has 0 radical (unpaired) electrons. The second-order valence-corrected chi connectivity index (χ2v) is 8.46. The second-order valence-electron chi connectivity index (χ2n) is 6.69. The highest BCUT2D eigenvalue weighted by atomic mass is 32.2. The predicted octanol–water partition coefficient (Wildman–Crippen LogP) is 2.80. The van der Waals surface area contributed by atoms with Crippen molar-refractivity contribution in [1.82, 2.24) is 14.5 Å². The van der Waals surface area contributed by atoms with Crippen molar-refractivity contribution in [3.63, 3.8) is 0 Å². The van der Waals surface area contributed by atoms with Gasteiger partial charge in [0.2, 0.25) is 10.0 Å². The van der Waals surface area contributed by atoms with Crippen LogP contribution < -0.4 is 4.72 Å². The summed E-state index contributed by atoms with van der Waals surface area (Å²) >= 11 is 0. The molecule has 0 saturated carbocycles. The normalized spacial score (nSPS) is 14.2. The molecule has 0 spiro atoms. The number of aromatic nitrogens is 2. The number of fused-ring (bicyclic) bond motifs is 1. The summed E-state index contributed by atoms with van der Waals surface area (Å²) in [4.78, 5) is 0.101. The van der Waals surface area contributed by atoms with E-state index in [1.54, 1.807) is 47.4 Å². The monoisotopic (exact) mass is 397 g/mol. The summed E-state index contributed by atoms with van der Waals surface area (Å²) in [6, 6.07) is 17.2. The van der Waals surface area contributed by atoms with Crippen molar-refractivity contribution in [2.45, 2.75) is 17.4 Å². The molecule has 2 heterocycles. The summed E-state index contributed by atoms with van der Waals surface area (Å²) in [5.74, 6) is 0.297. The predicted molar refractivity (Wildman–Crippen MR) is 105 cm³/mol. The third-order valence-electron chi connectivity index (χ3n) is 4.48. The van der Waals surface area contributed by atoms with Crippen LogP contribution in [0.2, 0.25) is 0 Å². The first-order chi connectivity index (χ1) is 13.4. The Morgan fingerprint density at radius 2 is 1.89 bits per heavy atom. The number of hydrogen-bond donors (Lipinski definition) is 2. The number of hydrogen-bond acceptors (Lipinski definition) is 5. The molecule has 0 unspecified atom stereocenters. The molecule has 7 nitrogen and oxygen atoms in total. The first-order valence-corrected chi connectivity index (χ1v) is 10.1. The molecule has 2 N–H and O–H groups in total. The second kappa shape index (κ2) is 6.90. The lowest BCUT2D eigenvalue weighted by Crippen LogP contribution is -2.38. The van der Waals surface area contributed by atoms with Crippen LogP contribution in [-0.2, 0) is 15.6 Å². The van der Waals surface area contributed by atoms with Crippen molar-refractivity contribution in [2.24, 2.45) is 0 Å². The molecule has 2 aromatic heterocycles. The van der Waals surface area contributed by atoms with Crippen molar-refractivity contribution in [2.75, 3.05) is 6.54 Å². The topological polar surface area (TPSA) is 97.4 Å². The van der Waals surface area contributed by atoms with Crippen LogP contribution in [0.3, 0.4) is 0 Å². The number of benzene rings is 2. The number of para-hydroxylation sites is 1. The molecule has 4 aromatic rings. The Bertz CT molecular complexity index is 1160. The van der Waals surface area contributed by atoms with Crippen molar-refractivity contribution >= 4 is 21.0 Å². The van der Waals surface area contributed by atoms with Gasteiger partial charge in [-0.15, -0.1) is 0 Å². The average Bonchev–Trinajstić information content (AvgIpc) is 3.37. The molecule has 144 valence electrons. The molecule has 0 aliphatic heterocycles. The van der Waals surface area contributed by atoms with Gasteiger partial charge in [-0.2, -0.15) is 5.10 Å². The molecule has 2 aromatic carbocycles. The Kier molecular flexibility index (Phi) is 4.54. The fourth-order valence-electron chi connectivity index (χ4n) is 2.85. The fourth-order valence-corrected chi connectivity index (χ4v) is 3.98. The largest absolute Gasteiger partial charge is 0.458 e. The zero-order valence-electron chi connectivity index (χ0n) is 15.1. The SMILES string of the molecule is C[C@](O)(CNS(=O)(=O)c1ccc(-n2cccn2)cc1)c1cc2ccccc2o1. The van der Waals surface area contributed by atoms with E-state index in [-0.39, 0.29) is 11.4 Å². The van der Waals surface area contributed by atoms with Gasteiger partial charge >= 0.3 is 0 Å². The maximum absolute atomic E-state index is 12.6. The van der Waals surface area contributed by atoms with E-state index in [0.717, 1.165) is 11.1 Å². The fraction of sp³-hybridized carbons (Fsp3) is 0.150. The third-order valence-corrected chi connectivity index (χ3v) is 5.90. The zero-order chi connectivity index (χ0) is 19.8. The first kappa shape index (κ1) is 18.4. The summed E-state index contributed by atoms with van der Waals surface area (Å²) in [6.45, 7) is 1.28. The van der Waals surface area contributed by atoms with Crippen molar-refractivity contribution in [3.05, 3.63) is 78.8 Å². The van der Waals surface area contributed by atoms with Crippen LogP contribution in [-0.4, -0.2) is 29.8 Å². The van der Waals surface area contributed by atoms with Crippen LogP contribution in [0.15, 0.2) is 82.4 Å². The van der Waals surface area contributed by atoms with E-state index in [0.29, 0.717) is 11.3 Å². The molecule has 8 heteroatoms. The molecular formula is C20H19N3O4S. The number of rotatable bonds is 6. The Morgan fingerprint density at radius 1 is 1.14 bits per heavy atom. The van der Waals surface area contributed by atoms with E-state index < -0.39 is 15.6 Å². The maximum Gasteiger partial charge on any atom is 0.240 e. The quantitative estimate of drug-likeness (QED) is 0.521. The van der Waals surface area contributed by atoms with E-state index in [4.69, 9.17) is 4.42 Å². The molecule has 0 amide bonds. The van der Waals surface area contributed by atoms with E-state index in [2.05, 4.69) is 9.82 Å². The van der Waals surface area contributed by atoms with Gasteiger partial charge in [0.15, 0.2) is 0 Å². The first-order valence-electron chi connectivity index (χ1n) is 8.66. The van der Waals surface area contributed by atoms with Crippen LogP contribution in [0.4, 0.5) is 0 Å². The van der Waals surface area contributed by atoms with Gasteiger partial charge < -0.3 is 9.52 Å². The minimum Gasteiger partial charge on any atom is -0.458 e. The number of nitrogens with one attached hydrogen (secondary N) is 1. The molecule has 1 atom stereocenters. The van der Waals surface area contributed by atoms with E-state index >= 15 is 0 Å². The summed E-state index contributed by atoms with van der Waals surface area (Å²) < 4.78 is 35.0. The van der Waals surface area contributed by atoms with Crippen LogP contribution in [0, 0.1) is 0 Å². The van der Waals surface area contributed by atoms with Crippen molar-refractivity contribution in [3.8, 4) is 5.69 Å². The zero-order valence-corrected chi connectivity index (χ0v) is 15.9. The van der Waals surface area contributed by atoms with Gasteiger partial charge in [0.1, 0.15) is 16.9 Å². The summed E-state index contributed by atoms with van der Waals surface area (Å²) in [7, 11) is -3.80. The maximum atomic E-state index is 12.6. The van der Waals surface area contributed by atoms with Gasteiger partial charge in [-0.3, -0.25) is 0 Å². The highest BCUT2D eigenvalue weighted by Crippen LogP contribution is 2.28. The van der Waals surface area contributed by atoms with Crippen LogP contribution >= 0.6 is 0 Å². The number of nitrogens with zero attached hydrogens (tertiary/aromatic N) is 2. The minimum atomic E-state index is -3.80. The molecule has 0 aliphatic carbocycles. The van der Waals surface area contributed by atoms with Crippen molar-refractivity contribution < 1.29 is 17.9 Å². The van der Waals surface area contributed by atoms with Gasteiger partial charge in [-0.1, -0.05) is 18.2 Å². The Labute approximate surface area is 162 Å². The summed E-state index contributed by atoms with van der Waals surface area (Å²) in [5.41, 5.74) is -0.116. The van der Waals surface area contributed by atoms with Crippen LogP contribution in [0.25, 0.3) is 16.7 Å². The minimum absolute atomic E-state index is 0.101. The lowest BCUT2D eigenvalue weighted by molar-refractivity contribution is 0.0412. The van der Waals surface area contributed by atoms with Crippen molar-refractivity contribution in [1.29, 1.82) is 0 Å². The summed E-state index contributed by atoms with van der Waals surface area (Å²) in [5, 5.41) is 15.7. The third kappa shape index (κ3) is 3.57. The van der Waals surface area contributed by atoms with Crippen LogP contribution in [0.5, 0.6) is 0 Å². The van der Waals surface area contributed by atoms with Gasteiger partial charge in [0, 0.05) is 24.3 Å². The average molecular weight is 397 g/mol. The van der Waals surface area contributed by atoms with Gasteiger partial charge in [-0.05, 0) is 49.4 Å². The summed E-state index contributed by atoms with van der Waals surface area (Å²) in [6.07, 6.45) is 3.42. The van der Waals surface area contributed by atoms with E-state index in [9.17, 15) is 13.5 Å². The van der Waals surface area contributed by atoms with Gasteiger partial charge in [0.05, 0.1) is 10.6 Å². The standard InChI is InChI=1S/C20H19N3O4S/c1-20(24,19-13-15-5-2-3-6-18(15)27-19)14-22-28(25,26)17-9-7-16(8-10-17)23-12-4-11-21-23/h2-13,22,24H,14H2,1H3/t20-/m0/s1. The van der Waals surface area contributed by atoms with Gasteiger partial charge in [0.25, 0.3) is 0 Å². The highest BCUT2D eigenvalue weighted by molar-refractivity contribution is 7.89. The number of sulfonamides is 1. The Morgan fingerprint density at radius 3 is 2.57 bits per heavy atom. The lowest BCUT2D eigenvalue weighted by atomic mass is 10.0. The molecule has 4 rings (SSSR count). The van der Waals surface area contributed by atoms with E-state index in [1.807, 2.05) is 18.2 Å². The molecular weight excluding hydrogens is 378 g/mol. The van der Waals surface area contributed by atoms with E-state index in [1.165, 1.54) is 19.1 Å².